The smallest absolute Gasteiger partial charge is 0.299 e. The highest BCUT2D eigenvalue weighted by atomic mass is 16.2. The van der Waals surface area contributed by atoms with Crippen molar-refractivity contribution >= 4 is 17.4 Å². The highest BCUT2D eigenvalue weighted by molar-refractivity contribution is 6.52. The molecule has 1 aromatic rings. The van der Waals surface area contributed by atoms with E-state index in [0.29, 0.717) is 17.8 Å². The molecule has 0 aromatic heterocycles. The molecule has 0 saturated heterocycles. The second kappa shape index (κ2) is 3.35. The fourth-order valence-corrected chi connectivity index (χ4v) is 1.72. The lowest BCUT2D eigenvalue weighted by Gasteiger charge is -2.13. The van der Waals surface area contributed by atoms with Crippen LogP contribution < -0.4 is 4.90 Å². The number of anilines is 1. The number of hydrogen-bond donors (Lipinski definition) is 0. The third kappa shape index (κ3) is 1.36. The van der Waals surface area contributed by atoms with Gasteiger partial charge in [-0.25, -0.2) is 0 Å². The number of benzene rings is 1. The van der Waals surface area contributed by atoms with E-state index in [1.807, 2.05) is 13.0 Å². The quantitative estimate of drug-likeness (QED) is 0.539. The van der Waals surface area contributed by atoms with Crippen LogP contribution in [-0.4, -0.2) is 18.2 Å². The van der Waals surface area contributed by atoms with Gasteiger partial charge in [0.1, 0.15) is 0 Å². The van der Waals surface area contributed by atoms with E-state index < -0.39 is 11.7 Å². The Balaban J connectivity index is 2.55. The molecule has 1 aliphatic heterocycles. The van der Waals surface area contributed by atoms with Gasteiger partial charge in [-0.15, -0.1) is 6.58 Å². The largest absolute Gasteiger partial charge is 0.301 e. The second-order valence-corrected chi connectivity index (χ2v) is 3.55. The van der Waals surface area contributed by atoms with E-state index >= 15 is 0 Å². The lowest BCUT2D eigenvalue weighted by Crippen LogP contribution is -2.29. The fraction of sp³-hybridized carbons (Fsp3) is 0.167. The van der Waals surface area contributed by atoms with Crippen molar-refractivity contribution in [1.29, 1.82) is 0 Å². The van der Waals surface area contributed by atoms with E-state index in [1.165, 1.54) is 4.90 Å². The van der Waals surface area contributed by atoms with Crippen LogP contribution in [0.3, 0.4) is 0 Å². The van der Waals surface area contributed by atoms with Crippen LogP contribution in [0.15, 0.2) is 30.9 Å². The van der Waals surface area contributed by atoms with E-state index in [1.54, 1.807) is 18.2 Å². The predicted molar refractivity (Wildman–Crippen MR) is 58.1 cm³/mol. The number of carbonyl (C=O) groups is 2. The molecule has 0 fully saturated rings. The Morgan fingerprint density at radius 2 is 2.13 bits per heavy atom. The summed E-state index contributed by atoms with van der Waals surface area (Å²) >= 11 is 0. The first-order chi connectivity index (χ1) is 7.15. The summed E-state index contributed by atoms with van der Waals surface area (Å²) in [4.78, 5) is 24.6. The van der Waals surface area contributed by atoms with Crippen LogP contribution in [0.25, 0.3) is 0 Å². The monoisotopic (exact) mass is 201 g/mol. The zero-order valence-electron chi connectivity index (χ0n) is 8.49. The van der Waals surface area contributed by atoms with Crippen molar-refractivity contribution in [2.75, 3.05) is 11.4 Å². The summed E-state index contributed by atoms with van der Waals surface area (Å²) in [5.74, 6) is -0.883. The molecule has 1 heterocycles. The molecule has 3 heteroatoms. The Hall–Kier alpha value is -1.90. The van der Waals surface area contributed by atoms with Crippen molar-refractivity contribution in [3.63, 3.8) is 0 Å². The highest BCUT2D eigenvalue weighted by Gasteiger charge is 2.34. The number of ketones is 1. The first kappa shape index (κ1) is 9.65. The van der Waals surface area contributed by atoms with Gasteiger partial charge in [0.25, 0.3) is 11.7 Å². The van der Waals surface area contributed by atoms with E-state index in [4.69, 9.17) is 0 Å². The molecular weight excluding hydrogens is 190 g/mol. The molecule has 0 radical (unpaired) electrons. The van der Waals surface area contributed by atoms with Crippen LogP contribution in [0.5, 0.6) is 0 Å². The number of aryl methyl sites for hydroxylation is 1. The maximum Gasteiger partial charge on any atom is 0.299 e. The van der Waals surface area contributed by atoms with Gasteiger partial charge < -0.3 is 4.90 Å². The van der Waals surface area contributed by atoms with Gasteiger partial charge in [0.05, 0.1) is 11.3 Å². The number of carbonyl (C=O) groups excluding carboxylic acids is 2. The van der Waals surface area contributed by atoms with E-state index in [9.17, 15) is 9.59 Å². The number of fused-ring (bicyclic) bond motifs is 1. The SMILES string of the molecule is C=CCN1C(=O)C(=O)c2cc(C)ccc21. The van der Waals surface area contributed by atoms with Crippen LogP contribution in [0.1, 0.15) is 15.9 Å². The van der Waals surface area contributed by atoms with Crippen LogP contribution in [-0.2, 0) is 4.79 Å². The molecule has 1 amide bonds. The van der Waals surface area contributed by atoms with Gasteiger partial charge in [0.15, 0.2) is 0 Å². The topological polar surface area (TPSA) is 37.4 Å². The van der Waals surface area contributed by atoms with Crippen LogP contribution >= 0.6 is 0 Å². The Labute approximate surface area is 88.0 Å². The summed E-state index contributed by atoms with van der Waals surface area (Å²) in [6.45, 7) is 5.84. The average Bonchev–Trinajstić information content (AvgIpc) is 2.44. The minimum atomic E-state index is -0.462. The summed E-state index contributed by atoms with van der Waals surface area (Å²) in [7, 11) is 0. The maximum atomic E-state index is 11.6. The summed E-state index contributed by atoms with van der Waals surface area (Å²) in [5, 5.41) is 0. The third-order valence-corrected chi connectivity index (χ3v) is 2.44. The van der Waals surface area contributed by atoms with Gasteiger partial charge >= 0.3 is 0 Å². The minimum absolute atomic E-state index is 0.376. The molecule has 15 heavy (non-hydrogen) atoms. The zero-order chi connectivity index (χ0) is 11.0. The van der Waals surface area contributed by atoms with Gasteiger partial charge in [0.2, 0.25) is 0 Å². The summed E-state index contributed by atoms with van der Waals surface area (Å²) in [5.41, 5.74) is 2.17. The Kier molecular flexibility index (Phi) is 2.15. The van der Waals surface area contributed by atoms with Crippen molar-refractivity contribution in [3.8, 4) is 0 Å². The first-order valence-corrected chi connectivity index (χ1v) is 4.73. The molecule has 0 saturated carbocycles. The summed E-state index contributed by atoms with van der Waals surface area (Å²) in [6, 6.07) is 5.44. The molecule has 0 atom stereocenters. The van der Waals surface area contributed by atoms with Gasteiger partial charge in [-0.2, -0.15) is 0 Å². The fourth-order valence-electron chi connectivity index (χ4n) is 1.72. The molecule has 2 rings (SSSR count). The number of Topliss-reactive ketones (excluding diaryl/α,β-unsaturated/α-hetero) is 1. The van der Waals surface area contributed by atoms with Crippen molar-refractivity contribution in [3.05, 3.63) is 42.0 Å². The molecule has 0 spiro atoms. The maximum absolute atomic E-state index is 11.6. The Bertz CT molecular complexity index is 463. The van der Waals surface area contributed by atoms with Gasteiger partial charge in [-0.3, -0.25) is 9.59 Å². The minimum Gasteiger partial charge on any atom is -0.301 e. The Morgan fingerprint density at radius 1 is 1.40 bits per heavy atom. The molecule has 3 nitrogen and oxygen atoms in total. The molecular formula is C12H11NO2. The first-order valence-electron chi connectivity index (χ1n) is 4.73. The standard InChI is InChI=1S/C12H11NO2/c1-3-6-13-10-5-4-8(2)7-9(10)11(14)12(13)15/h3-5,7H,1,6H2,2H3. The van der Waals surface area contributed by atoms with E-state index in [0.717, 1.165) is 5.56 Å². The number of hydrogen-bond acceptors (Lipinski definition) is 2. The molecule has 1 aromatic carbocycles. The number of nitrogens with zero attached hydrogens (tertiary/aromatic N) is 1. The molecule has 1 aliphatic rings. The molecule has 0 N–H and O–H groups in total. The van der Waals surface area contributed by atoms with Gasteiger partial charge in [0, 0.05) is 6.54 Å². The molecule has 0 aliphatic carbocycles. The third-order valence-electron chi connectivity index (χ3n) is 2.44. The summed E-state index contributed by atoms with van der Waals surface area (Å²) in [6.07, 6.45) is 1.61. The van der Waals surface area contributed by atoms with Gasteiger partial charge in [-0.05, 0) is 19.1 Å². The summed E-state index contributed by atoms with van der Waals surface area (Å²) < 4.78 is 0. The Morgan fingerprint density at radius 3 is 2.80 bits per heavy atom. The van der Waals surface area contributed by atoms with Crippen LogP contribution in [0.2, 0.25) is 0 Å². The highest BCUT2D eigenvalue weighted by Crippen LogP contribution is 2.29. The zero-order valence-corrected chi connectivity index (χ0v) is 8.49. The van der Waals surface area contributed by atoms with Crippen LogP contribution in [0, 0.1) is 6.92 Å². The van der Waals surface area contributed by atoms with Crippen LogP contribution in [0.4, 0.5) is 5.69 Å². The lowest BCUT2D eigenvalue weighted by atomic mass is 10.1. The normalized spacial score (nSPS) is 14.3. The predicted octanol–water partition coefficient (Wildman–Crippen LogP) is 1.71. The van der Waals surface area contributed by atoms with E-state index in [-0.39, 0.29) is 0 Å². The van der Waals surface area contributed by atoms with Crippen molar-refractivity contribution in [1.82, 2.24) is 0 Å². The molecule has 76 valence electrons. The number of rotatable bonds is 2. The van der Waals surface area contributed by atoms with Crippen molar-refractivity contribution in [2.45, 2.75) is 6.92 Å². The van der Waals surface area contributed by atoms with Gasteiger partial charge in [-0.1, -0.05) is 17.7 Å². The second-order valence-electron chi connectivity index (χ2n) is 3.55. The van der Waals surface area contributed by atoms with Crippen molar-refractivity contribution in [2.24, 2.45) is 0 Å². The number of amides is 1. The van der Waals surface area contributed by atoms with Crippen molar-refractivity contribution < 1.29 is 9.59 Å². The van der Waals surface area contributed by atoms with E-state index in [2.05, 4.69) is 6.58 Å². The molecule has 0 unspecified atom stereocenters. The average molecular weight is 201 g/mol. The molecule has 0 bridgehead atoms. The lowest BCUT2D eigenvalue weighted by molar-refractivity contribution is -0.114.